The number of aliphatic hydroxyl groups is 1. The third-order valence-corrected chi connectivity index (χ3v) is 3.20. The maximum absolute atomic E-state index is 11.6. The first-order valence-electron chi connectivity index (χ1n) is 5.33. The minimum Gasteiger partial charge on any atom is -0.469 e. The molecule has 1 aliphatic heterocycles. The van der Waals surface area contributed by atoms with E-state index in [2.05, 4.69) is 16.3 Å². The van der Waals surface area contributed by atoms with Crippen LogP contribution in [0.2, 0.25) is 0 Å². The molecule has 11 heteroatoms. The first kappa shape index (κ1) is 15.1. The van der Waals surface area contributed by atoms with Crippen LogP contribution in [-0.4, -0.2) is 37.2 Å². The van der Waals surface area contributed by atoms with E-state index in [0.29, 0.717) is 0 Å². The maximum atomic E-state index is 11.6. The molecule has 4 N–H and O–H groups in total. The summed E-state index contributed by atoms with van der Waals surface area (Å²) < 4.78 is 10.8. The SMILES string of the molecule is O=c1ccn(C2OC(COP(O)(O)=S)=CC2O)c(=O)[nH]1. The van der Waals surface area contributed by atoms with E-state index >= 15 is 0 Å². The zero-order valence-corrected chi connectivity index (χ0v) is 11.6. The number of ether oxygens (including phenoxy) is 1. The Morgan fingerprint density at radius 3 is 2.80 bits per heavy atom. The van der Waals surface area contributed by atoms with Crippen LogP contribution in [0.4, 0.5) is 0 Å². The van der Waals surface area contributed by atoms with Gasteiger partial charge in [-0.2, -0.15) is 0 Å². The number of aliphatic hydroxyl groups excluding tert-OH is 1. The van der Waals surface area contributed by atoms with Gasteiger partial charge in [-0.05, 0) is 17.9 Å². The Hall–Kier alpha value is -1.29. The third-order valence-electron chi connectivity index (χ3n) is 2.42. The van der Waals surface area contributed by atoms with Crippen molar-refractivity contribution in [3.05, 3.63) is 44.9 Å². The van der Waals surface area contributed by atoms with E-state index in [9.17, 15) is 14.7 Å². The molecular formula is C9H11N2O7PS. The molecule has 1 aromatic rings. The molecule has 0 spiro atoms. The van der Waals surface area contributed by atoms with Gasteiger partial charge in [-0.15, -0.1) is 0 Å². The zero-order chi connectivity index (χ0) is 14.9. The number of aromatic nitrogens is 2. The lowest BCUT2D eigenvalue weighted by Gasteiger charge is -2.18. The Kier molecular flexibility index (Phi) is 4.23. The first-order valence-corrected chi connectivity index (χ1v) is 7.96. The fourth-order valence-electron chi connectivity index (χ4n) is 1.62. The molecule has 0 fully saturated rings. The smallest absolute Gasteiger partial charge is 0.331 e. The minimum atomic E-state index is -3.83. The van der Waals surface area contributed by atoms with Gasteiger partial charge >= 0.3 is 12.4 Å². The second-order valence-electron chi connectivity index (χ2n) is 3.91. The number of hydrogen-bond donors (Lipinski definition) is 4. The fourth-order valence-corrected chi connectivity index (χ4v) is 2.07. The van der Waals surface area contributed by atoms with Gasteiger partial charge in [0.05, 0.1) is 0 Å². The summed E-state index contributed by atoms with van der Waals surface area (Å²) in [7, 11) is 0. The lowest BCUT2D eigenvalue weighted by Crippen LogP contribution is -2.35. The standard InChI is InChI=1S/C9H11N2O7PS/c12-6-3-5(4-17-19(15,16)20)18-8(6)11-2-1-7(13)10-9(11)14/h1-3,6,8,12H,4H2,(H,10,13,14)(H2,15,16,20). The summed E-state index contributed by atoms with van der Waals surface area (Å²) in [5, 5.41) is 9.79. The Balaban J connectivity index is 2.12. The van der Waals surface area contributed by atoms with Gasteiger partial charge in [-0.3, -0.25) is 14.3 Å². The van der Waals surface area contributed by atoms with Crippen molar-refractivity contribution < 1.29 is 24.2 Å². The molecule has 0 amide bonds. The average molecular weight is 322 g/mol. The van der Waals surface area contributed by atoms with Gasteiger partial charge in [0.25, 0.3) is 5.56 Å². The third kappa shape index (κ3) is 3.63. The summed E-state index contributed by atoms with van der Waals surface area (Å²) >= 11 is 4.27. The number of aromatic amines is 1. The summed E-state index contributed by atoms with van der Waals surface area (Å²) in [6, 6.07) is 1.10. The Bertz CT molecular complexity index is 690. The lowest BCUT2D eigenvalue weighted by molar-refractivity contribution is -0.00967. The number of nitrogens with one attached hydrogen (secondary N) is 1. The van der Waals surface area contributed by atoms with Crippen molar-refractivity contribution in [3.63, 3.8) is 0 Å². The van der Waals surface area contributed by atoms with Crippen LogP contribution in [0.5, 0.6) is 0 Å². The van der Waals surface area contributed by atoms with Crippen molar-refractivity contribution in [1.82, 2.24) is 9.55 Å². The quantitative estimate of drug-likeness (QED) is 0.494. The molecule has 0 aromatic carbocycles. The van der Waals surface area contributed by atoms with E-state index in [1.54, 1.807) is 0 Å². The summed E-state index contributed by atoms with van der Waals surface area (Å²) in [6.07, 6.45) is 0.183. The molecule has 0 bridgehead atoms. The molecular weight excluding hydrogens is 311 g/mol. The molecule has 9 nitrogen and oxygen atoms in total. The average Bonchev–Trinajstić information content (AvgIpc) is 2.67. The van der Waals surface area contributed by atoms with Crippen LogP contribution in [0.1, 0.15) is 6.23 Å². The molecule has 1 aliphatic rings. The van der Waals surface area contributed by atoms with Crippen molar-refractivity contribution in [2.45, 2.75) is 12.3 Å². The Labute approximate surface area is 117 Å². The van der Waals surface area contributed by atoms with Gasteiger partial charge in [0.1, 0.15) is 18.5 Å². The van der Waals surface area contributed by atoms with Crippen LogP contribution in [0.3, 0.4) is 0 Å². The summed E-state index contributed by atoms with van der Waals surface area (Å²) in [4.78, 5) is 42.4. The largest absolute Gasteiger partial charge is 0.469 e. The maximum Gasteiger partial charge on any atom is 0.331 e. The van der Waals surface area contributed by atoms with Crippen LogP contribution in [0.25, 0.3) is 0 Å². The molecule has 20 heavy (non-hydrogen) atoms. The number of nitrogens with zero attached hydrogens (tertiary/aromatic N) is 1. The molecule has 0 aliphatic carbocycles. The highest BCUT2D eigenvalue weighted by Crippen LogP contribution is 2.38. The van der Waals surface area contributed by atoms with Crippen molar-refractivity contribution >= 4 is 18.5 Å². The van der Waals surface area contributed by atoms with Gasteiger partial charge in [0.2, 0.25) is 6.23 Å². The van der Waals surface area contributed by atoms with Crippen molar-refractivity contribution in [2.24, 2.45) is 0 Å². The van der Waals surface area contributed by atoms with Crippen LogP contribution in [0, 0.1) is 0 Å². The summed E-state index contributed by atoms with van der Waals surface area (Å²) in [5.41, 5.74) is -1.32. The van der Waals surface area contributed by atoms with Crippen molar-refractivity contribution in [3.8, 4) is 0 Å². The topological polar surface area (TPSA) is 134 Å². The molecule has 110 valence electrons. The van der Waals surface area contributed by atoms with Crippen LogP contribution < -0.4 is 11.2 Å². The molecule has 0 saturated heterocycles. The molecule has 0 radical (unpaired) electrons. The second kappa shape index (κ2) is 5.60. The Morgan fingerprint density at radius 1 is 1.50 bits per heavy atom. The van der Waals surface area contributed by atoms with Crippen LogP contribution in [-0.2, 0) is 21.1 Å². The molecule has 2 heterocycles. The first-order chi connectivity index (χ1) is 9.26. The Morgan fingerprint density at radius 2 is 2.20 bits per heavy atom. The molecule has 2 rings (SSSR count). The van der Waals surface area contributed by atoms with E-state index in [1.807, 2.05) is 4.98 Å². The summed E-state index contributed by atoms with van der Waals surface area (Å²) in [6.45, 7) is -4.18. The van der Waals surface area contributed by atoms with Gasteiger partial charge in [-0.25, -0.2) is 4.79 Å². The number of hydrogen-bond acceptors (Lipinski definition) is 6. The van der Waals surface area contributed by atoms with E-state index in [1.165, 1.54) is 12.3 Å². The van der Waals surface area contributed by atoms with Gasteiger partial charge < -0.3 is 24.2 Å². The number of H-pyrrole nitrogens is 1. The zero-order valence-electron chi connectivity index (χ0n) is 9.87. The highest BCUT2D eigenvalue weighted by atomic mass is 32.5. The fraction of sp³-hybridized carbons (Fsp3) is 0.333. The van der Waals surface area contributed by atoms with Crippen LogP contribution >= 0.6 is 6.72 Å². The van der Waals surface area contributed by atoms with Gasteiger partial charge in [-0.1, -0.05) is 0 Å². The van der Waals surface area contributed by atoms with Crippen LogP contribution in [0.15, 0.2) is 33.7 Å². The highest BCUT2D eigenvalue weighted by molar-refractivity contribution is 8.06. The predicted molar refractivity (Wildman–Crippen MR) is 70.2 cm³/mol. The van der Waals surface area contributed by atoms with E-state index < -0.39 is 30.3 Å². The molecule has 2 unspecified atom stereocenters. The van der Waals surface area contributed by atoms with Crippen molar-refractivity contribution in [1.29, 1.82) is 0 Å². The summed E-state index contributed by atoms with van der Waals surface area (Å²) in [5.74, 6) is 0.0953. The second-order valence-corrected chi connectivity index (χ2v) is 6.58. The van der Waals surface area contributed by atoms with Gasteiger partial charge in [0, 0.05) is 12.3 Å². The van der Waals surface area contributed by atoms with Gasteiger partial charge in [0.15, 0.2) is 0 Å². The predicted octanol–water partition coefficient (Wildman–Crippen LogP) is -1.46. The monoisotopic (exact) mass is 322 g/mol. The molecule has 2 atom stereocenters. The molecule has 1 aromatic heterocycles. The molecule has 0 saturated carbocycles. The van der Waals surface area contributed by atoms with Crippen molar-refractivity contribution in [2.75, 3.05) is 6.61 Å². The van der Waals surface area contributed by atoms with E-state index in [0.717, 1.165) is 10.6 Å². The highest BCUT2D eigenvalue weighted by Gasteiger charge is 2.30. The normalized spacial score (nSPS) is 22.4. The van der Waals surface area contributed by atoms with E-state index in [-0.39, 0.29) is 12.4 Å². The number of rotatable bonds is 4. The lowest BCUT2D eigenvalue weighted by atomic mass is 10.3. The minimum absolute atomic E-state index is 0.0953. The van der Waals surface area contributed by atoms with E-state index in [4.69, 9.17) is 14.5 Å².